The first-order chi connectivity index (χ1) is 31.4. The number of carbonyl (C=O) groups excluding carboxylic acids is 1. The Hall–Kier alpha value is -1.47. The first kappa shape index (κ1) is 51.9. The normalized spacial score (nSPS) is 56.7. The topological polar surface area (TPSA) is 315 Å². The molecule has 0 amide bonds. The van der Waals surface area contributed by atoms with Gasteiger partial charge in [-0.3, -0.25) is 4.79 Å². The minimum atomic E-state index is -1.87. The number of aliphatic hydroxyl groups is 12. The van der Waals surface area contributed by atoms with E-state index < -0.39 is 145 Å². The molecule has 0 spiro atoms. The highest BCUT2D eigenvalue weighted by Crippen LogP contribution is 2.76. The van der Waals surface area contributed by atoms with Gasteiger partial charge in [-0.25, -0.2) is 0 Å². The van der Waals surface area contributed by atoms with Crippen molar-refractivity contribution in [3.63, 3.8) is 0 Å². The fourth-order valence-corrected chi connectivity index (χ4v) is 15.2. The maximum atomic E-state index is 15.0. The molecular weight excluding hydrogens is 881 g/mol. The molecule has 0 radical (unpaired) electrons. The summed E-state index contributed by atoms with van der Waals surface area (Å²) in [7, 11) is 0. The van der Waals surface area contributed by atoms with E-state index in [-0.39, 0.29) is 41.6 Å². The van der Waals surface area contributed by atoms with Crippen LogP contribution in [0.3, 0.4) is 0 Å². The Bertz CT molecular complexity index is 1820. The van der Waals surface area contributed by atoms with E-state index in [2.05, 4.69) is 40.7 Å². The molecule has 19 nitrogen and oxygen atoms in total. The Labute approximate surface area is 392 Å². The van der Waals surface area contributed by atoms with Crippen LogP contribution in [0.5, 0.6) is 0 Å². The third-order valence-electron chi connectivity index (χ3n) is 19.6. The Balaban J connectivity index is 0.988. The van der Waals surface area contributed by atoms with Gasteiger partial charge in [0.15, 0.2) is 12.6 Å². The smallest absolute Gasteiger partial charge is 0.315 e. The SMILES string of the molecule is C[C@H]1[C@H](C)CC[C@]2(C(=O)O[C@@H]3O[C@H](CO[C@@H]4O[C@H](CO)[C@@H](O[C@@H]5O[C@@H](C)[C@H](O)[C@@H](O)[C@H]5O)[C@H](O)[C@H]4O)[C@@H](O)[C@H](O)[C@H]3O)CC[C@]3(C)C(=CC[C@@H]4[C@@]5(C)CC[C@H](O)[C@@](C)(CO)[C@@H]5[C@H](O)C[C@]43C)[C@H]12. The van der Waals surface area contributed by atoms with Gasteiger partial charge in [0.2, 0.25) is 6.29 Å². The first-order valence-corrected chi connectivity index (χ1v) is 24.5. The van der Waals surface area contributed by atoms with Gasteiger partial charge in [-0.15, -0.1) is 0 Å². The van der Waals surface area contributed by atoms with Crippen molar-refractivity contribution >= 4 is 5.97 Å². The van der Waals surface area contributed by atoms with Gasteiger partial charge in [-0.1, -0.05) is 53.2 Å². The zero-order valence-electron chi connectivity index (χ0n) is 39.8. The number of hydrogen-bond donors (Lipinski definition) is 12. The van der Waals surface area contributed by atoms with E-state index in [9.17, 15) is 61.3 Å². The Morgan fingerprint density at radius 1 is 0.716 bits per heavy atom. The number of rotatable bonds is 9. The number of carbonyl (C=O) groups is 1. The second-order valence-electron chi connectivity index (χ2n) is 22.9. The van der Waals surface area contributed by atoms with Crippen LogP contribution in [0.25, 0.3) is 0 Å². The number of fused-ring (bicyclic) bond motifs is 7. The van der Waals surface area contributed by atoms with Crippen molar-refractivity contribution in [3.8, 4) is 0 Å². The second-order valence-corrected chi connectivity index (χ2v) is 22.9. The van der Waals surface area contributed by atoms with Crippen molar-refractivity contribution in [1.82, 2.24) is 0 Å². The lowest BCUT2D eigenvalue weighted by Gasteiger charge is -2.72. The van der Waals surface area contributed by atoms with Crippen molar-refractivity contribution in [3.05, 3.63) is 11.6 Å². The van der Waals surface area contributed by atoms with Crippen molar-refractivity contribution in [1.29, 1.82) is 0 Å². The first-order valence-electron chi connectivity index (χ1n) is 24.5. The molecule has 0 aromatic heterocycles. The molecule has 4 saturated carbocycles. The van der Waals surface area contributed by atoms with Crippen LogP contribution in [0.2, 0.25) is 0 Å². The molecule has 27 atom stereocenters. The van der Waals surface area contributed by atoms with Crippen molar-refractivity contribution in [2.75, 3.05) is 19.8 Å². The van der Waals surface area contributed by atoms with E-state index in [1.807, 2.05) is 6.92 Å². The molecule has 8 aliphatic rings. The predicted molar refractivity (Wildman–Crippen MR) is 231 cm³/mol. The maximum absolute atomic E-state index is 15.0. The van der Waals surface area contributed by atoms with Gasteiger partial charge in [0.05, 0.1) is 43.5 Å². The van der Waals surface area contributed by atoms with E-state index >= 15 is 4.79 Å². The van der Waals surface area contributed by atoms with Crippen LogP contribution in [-0.2, 0) is 33.2 Å². The van der Waals surface area contributed by atoms with Gasteiger partial charge in [0, 0.05) is 11.3 Å². The van der Waals surface area contributed by atoms with E-state index in [4.69, 9.17) is 28.4 Å². The average Bonchev–Trinajstić information content (AvgIpc) is 3.29. The van der Waals surface area contributed by atoms with E-state index in [0.29, 0.717) is 44.9 Å². The summed E-state index contributed by atoms with van der Waals surface area (Å²) in [4.78, 5) is 15.0. The molecule has 384 valence electrons. The number of allylic oxidation sites excluding steroid dienone is 2. The van der Waals surface area contributed by atoms with Crippen LogP contribution in [0.1, 0.15) is 99.8 Å². The van der Waals surface area contributed by atoms with Gasteiger partial charge < -0.3 is 89.7 Å². The van der Waals surface area contributed by atoms with Gasteiger partial charge in [0.1, 0.15) is 67.1 Å². The maximum Gasteiger partial charge on any atom is 0.315 e. The molecule has 0 aromatic carbocycles. The molecule has 3 saturated heterocycles. The highest BCUT2D eigenvalue weighted by atomic mass is 16.8. The summed E-state index contributed by atoms with van der Waals surface area (Å²) in [6, 6.07) is 0. The van der Waals surface area contributed by atoms with Crippen LogP contribution < -0.4 is 0 Å². The number of ether oxygens (including phenoxy) is 6. The second kappa shape index (κ2) is 18.5. The summed E-state index contributed by atoms with van der Waals surface area (Å²) in [5.74, 6) is -0.782. The third-order valence-corrected chi connectivity index (χ3v) is 19.6. The summed E-state index contributed by atoms with van der Waals surface area (Å²) in [5.41, 5.74) is -1.95. The quantitative estimate of drug-likeness (QED) is 0.0971. The van der Waals surface area contributed by atoms with Crippen molar-refractivity contribution < 1.29 is 94.5 Å². The monoisotopic (exact) mass is 959 g/mol. The highest BCUT2D eigenvalue weighted by molar-refractivity contribution is 5.79. The van der Waals surface area contributed by atoms with Gasteiger partial charge >= 0.3 is 5.97 Å². The standard InChI is InChI=1S/C48H78O19/c1-20-10-13-48(15-14-46(6)23(29(48)21(20)2)8-9-27-44(4)12-11-28(52)45(5,19-50)39(44)24(51)16-47(27,46)7)43(61)67-42-36(59)33(56)31(54)26(65-42)18-62-40-37(60)34(57)38(25(17-49)64-40)66-41-35(58)32(55)30(53)22(3)63-41/h8,20-22,24-42,49-60H,9-19H2,1-7H3/t20-,21+,22+,24-,25-,26-,27-,28+,29+,30+,31-,32-,33+,34-,35-,36-,37-,38-,39-,40-,41+,42+,44-,45-,46-,47-,48+/m1/s1. The lowest BCUT2D eigenvalue weighted by molar-refractivity contribution is -0.361. The van der Waals surface area contributed by atoms with Crippen LogP contribution >= 0.6 is 0 Å². The number of esters is 1. The number of aliphatic hydroxyl groups excluding tert-OH is 12. The Morgan fingerprint density at radius 3 is 2.03 bits per heavy atom. The molecule has 5 aliphatic carbocycles. The Morgan fingerprint density at radius 2 is 1.36 bits per heavy atom. The summed E-state index contributed by atoms with van der Waals surface area (Å²) in [5, 5.41) is 131. The van der Waals surface area contributed by atoms with Crippen LogP contribution in [0, 0.1) is 56.7 Å². The lowest BCUT2D eigenvalue weighted by atomic mass is 9.33. The van der Waals surface area contributed by atoms with E-state index in [1.54, 1.807) is 0 Å². The minimum absolute atomic E-state index is 0.0331. The van der Waals surface area contributed by atoms with Gasteiger partial charge in [0.25, 0.3) is 0 Å². The van der Waals surface area contributed by atoms with Gasteiger partial charge in [-0.2, -0.15) is 0 Å². The van der Waals surface area contributed by atoms with Crippen LogP contribution in [0.15, 0.2) is 11.6 Å². The molecule has 0 aromatic rings. The molecule has 8 rings (SSSR count). The summed E-state index contributed by atoms with van der Waals surface area (Å²) in [6.07, 6.45) is -18.9. The zero-order chi connectivity index (χ0) is 49.1. The summed E-state index contributed by atoms with van der Waals surface area (Å²) >= 11 is 0. The van der Waals surface area contributed by atoms with Gasteiger partial charge in [-0.05, 0) is 98.2 Å². The van der Waals surface area contributed by atoms with Crippen LogP contribution in [0.4, 0.5) is 0 Å². The summed E-state index contributed by atoms with van der Waals surface area (Å²) in [6.45, 7) is 12.8. The lowest BCUT2D eigenvalue weighted by Crippen LogP contribution is -2.69. The highest BCUT2D eigenvalue weighted by Gasteiger charge is 2.72. The van der Waals surface area contributed by atoms with E-state index in [1.165, 1.54) is 6.92 Å². The molecule has 0 bridgehead atoms. The largest absolute Gasteiger partial charge is 0.432 e. The number of hydrogen-bond acceptors (Lipinski definition) is 19. The molecule has 19 heteroatoms. The Kier molecular flexibility index (Phi) is 14.4. The van der Waals surface area contributed by atoms with Crippen LogP contribution in [-0.4, -0.2) is 191 Å². The molecule has 3 heterocycles. The molecule has 67 heavy (non-hydrogen) atoms. The van der Waals surface area contributed by atoms with Crippen molar-refractivity contribution in [2.24, 2.45) is 56.7 Å². The predicted octanol–water partition coefficient (Wildman–Crippen LogP) is -1.03. The molecule has 7 fully saturated rings. The summed E-state index contributed by atoms with van der Waals surface area (Å²) < 4.78 is 34.7. The average molecular weight is 959 g/mol. The van der Waals surface area contributed by atoms with Crippen molar-refractivity contribution in [2.45, 2.75) is 204 Å². The fourth-order valence-electron chi connectivity index (χ4n) is 15.2. The molecule has 0 unspecified atom stereocenters. The zero-order valence-corrected chi connectivity index (χ0v) is 39.8. The van der Waals surface area contributed by atoms with E-state index in [0.717, 1.165) is 12.0 Å². The fraction of sp³-hybridized carbons (Fsp3) is 0.938. The minimum Gasteiger partial charge on any atom is -0.432 e. The molecule has 12 N–H and O–H groups in total. The third kappa shape index (κ3) is 7.92. The molecular formula is C48H78O19. The molecule has 3 aliphatic heterocycles.